The molecule has 10 nitrogen and oxygen atoms in total. The fourth-order valence-corrected chi connectivity index (χ4v) is 6.04. The van der Waals surface area contributed by atoms with Crippen molar-refractivity contribution in [2.24, 2.45) is 5.92 Å². The van der Waals surface area contributed by atoms with Gasteiger partial charge in [0.05, 0.1) is 30.0 Å². The Balaban J connectivity index is 1.66. The Morgan fingerprint density at radius 1 is 1.27 bits per heavy atom. The third kappa shape index (κ3) is 4.20. The number of hydrogen-bond acceptors (Lipinski definition) is 9. The van der Waals surface area contributed by atoms with Crippen LogP contribution in [-0.4, -0.2) is 75.6 Å². The van der Waals surface area contributed by atoms with Crippen LogP contribution in [-0.2, 0) is 35.9 Å². The average molecular weight is 518 g/mol. The second kappa shape index (κ2) is 9.74. The molecule has 1 aliphatic carbocycles. The van der Waals surface area contributed by atoms with Crippen molar-refractivity contribution in [3.8, 4) is 5.75 Å². The highest BCUT2D eigenvalue weighted by Gasteiger charge is 2.69. The number of nitrogens with zero attached hydrogens (tertiary/aromatic N) is 1. The van der Waals surface area contributed by atoms with Crippen molar-refractivity contribution in [2.45, 2.75) is 82.8 Å². The molecule has 3 N–H and O–H groups in total. The Morgan fingerprint density at radius 3 is 2.62 bits per heavy atom. The highest BCUT2D eigenvalue weighted by Crippen LogP contribution is 2.61. The van der Waals surface area contributed by atoms with Gasteiger partial charge in [0.15, 0.2) is 12.2 Å². The van der Waals surface area contributed by atoms with E-state index >= 15 is 0 Å². The van der Waals surface area contributed by atoms with E-state index in [4.69, 9.17) is 19.3 Å². The molecule has 0 amide bonds. The number of esters is 2. The summed E-state index contributed by atoms with van der Waals surface area (Å²) in [7, 11) is 1.96. The van der Waals surface area contributed by atoms with E-state index in [0.29, 0.717) is 24.3 Å². The molecule has 0 bridgehead atoms. The van der Waals surface area contributed by atoms with Crippen LogP contribution in [0.3, 0.4) is 0 Å². The van der Waals surface area contributed by atoms with Crippen molar-refractivity contribution in [2.75, 3.05) is 13.6 Å². The van der Waals surface area contributed by atoms with Gasteiger partial charge in [-0.05, 0) is 52.4 Å². The van der Waals surface area contributed by atoms with E-state index in [1.54, 1.807) is 12.1 Å². The zero-order chi connectivity index (χ0) is 27.3. The second-order valence-electron chi connectivity index (χ2n) is 10.5. The summed E-state index contributed by atoms with van der Waals surface area (Å²) in [5, 5.41) is 31.2. The van der Waals surface area contributed by atoms with Crippen molar-refractivity contribution in [1.82, 2.24) is 4.90 Å². The molecule has 6 atom stereocenters. The maximum Gasteiger partial charge on any atom is 0.344 e. The quantitative estimate of drug-likeness (QED) is 0.458. The van der Waals surface area contributed by atoms with Gasteiger partial charge < -0.3 is 34.4 Å². The van der Waals surface area contributed by atoms with E-state index in [-0.39, 0.29) is 31.2 Å². The van der Waals surface area contributed by atoms with Crippen molar-refractivity contribution in [3.63, 3.8) is 0 Å². The molecule has 1 spiro atoms. The average Bonchev–Trinajstić information content (AvgIpc) is 3.21. The SMILES string of the molecule is Cc1ccc(CO)c2c1[C@]13CCN(C)[C@H](C)[C@]1(O)CC=C(OC(=O)[C@@H](C)CC(=O)O[C@@H](C)C(=O)O)[C@@H]3O2. The van der Waals surface area contributed by atoms with Gasteiger partial charge in [0.25, 0.3) is 0 Å². The molecule has 1 saturated heterocycles. The lowest BCUT2D eigenvalue weighted by Gasteiger charge is -2.58. The maximum atomic E-state index is 13.0. The number of carbonyl (C=O) groups excluding carboxylic acids is 2. The summed E-state index contributed by atoms with van der Waals surface area (Å²) in [6, 6.07) is 3.47. The topological polar surface area (TPSA) is 143 Å². The van der Waals surface area contributed by atoms with Crippen LogP contribution in [0.1, 0.15) is 56.7 Å². The number of aryl methyl sites for hydroxylation is 1. The van der Waals surface area contributed by atoms with Gasteiger partial charge in [-0.15, -0.1) is 0 Å². The predicted octanol–water partition coefficient (Wildman–Crippen LogP) is 1.81. The fraction of sp³-hybridized carbons (Fsp3) is 0.593. The fourth-order valence-electron chi connectivity index (χ4n) is 6.04. The smallest absolute Gasteiger partial charge is 0.344 e. The lowest BCUT2D eigenvalue weighted by Crippen LogP contribution is -2.71. The molecule has 0 unspecified atom stereocenters. The number of aliphatic carboxylic acids is 1. The van der Waals surface area contributed by atoms with Gasteiger partial charge in [-0.3, -0.25) is 9.59 Å². The lowest BCUT2D eigenvalue weighted by molar-refractivity contribution is -0.167. The molecule has 0 saturated carbocycles. The number of aliphatic hydroxyl groups excluding tert-OH is 1. The van der Waals surface area contributed by atoms with Crippen molar-refractivity contribution in [3.05, 3.63) is 40.7 Å². The standard InChI is InChI=1S/C27H35NO9/c1-14-6-7-18(13-29)22-21(14)26-10-11-28(5)17(4)27(26,34)9-8-19(23(26)37-22)36-25(33)15(2)12-20(30)35-16(3)24(31)32/h6-8,15-17,23,29,34H,9-13H2,1-5H3,(H,31,32)/t15-,16-,17+,23-,26-,27+/m0/s1. The number of likely N-dealkylation sites (tertiary alicyclic amines) is 1. The third-order valence-electron chi connectivity index (χ3n) is 8.35. The first kappa shape index (κ1) is 27.1. The van der Waals surface area contributed by atoms with Gasteiger partial charge in [-0.25, -0.2) is 4.79 Å². The minimum atomic E-state index is -1.32. The van der Waals surface area contributed by atoms with E-state index in [1.165, 1.54) is 13.8 Å². The summed E-state index contributed by atoms with van der Waals surface area (Å²) in [5.74, 6) is -2.93. The summed E-state index contributed by atoms with van der Waals surface area (Å²) < 4.78 is 17.1. The molecular weight excluding hydrogens is 482 g/mol. The van der Waals surface area contributed by atoms with Gasteiger partial charge in [-0.1, -0.05) is 19.1 Å². The summed E-state index contributed by atoms with van der Waals surface area (Å²) in [5.41, 5.74) is 0.196. The molecule has 1 aromatic carbocycles. The van der Waals surface area contributed by atoms with E-state index in [2.05, 4.69) is 4.90 Å². The van der Waals surface area contributed by atoms with Crippen LogP contribution in [0.15, 0.2) is 24.0 Å². The first-order valence-corrected chi connectivity index (χ1v) is 12.5. The zero-order valence-corrected chi connectivity index (χ0v) is 21.8. The van der Waals surface area contributed by atoms with Crippen LogP contribution in [0.4, 0.5) is 0 Å². The minimum Gasteiger partial charge on any atom is -0.481 e. The number of carbonyl (C=O) groups is 3. The van der Waals surface area contributed by atoms with Gasteiger partial charge in [0.2, 0.25) is 0 Å². The van der Waals surface area contributed by atoms with E-state index < -0.39 is 47.0 Å². The molecule has 3 aliphatic rings. The molecule has 2 heterocycles. The van der Waals surface area contributed by atoms with Crippen LogP contribution in [0.25, 0.3) is 0 Å². The first-order valence-electron chi connectivity index (χ1n) is 12.5. The van der Waals surface area contributed by atoms with Crippen molar-refractivity contribution in [1.29, 1.82) is 0 Å². The Morgan fingerprint density at radius 2 is 1.97 bits per heavy atom. The van der Waals surface area contributed by atoms with E-state index in [9.17, 15) is 24.6 Å². The third-order valence-corrected chi connectivity index (χ3v) is 8.35. The largest absolute Gasteiger partial charge is 0.481 e. The number of carboxylic acid groups (broad SMARTS) is 1. The van der Waals surface area contributed by atoms with Crippen molar-refractivity contribution < 1.29 is 43.9 Å². The number of ether oxygens (including phenoxy) is 3. The highest BCUT2D eigenvalue weighted by molar-refractivity contribution is 5.82. The Bertz CT molecular complexity index is 1150. The first-order chi connectivity index (χ1) is 17.4. The number of benzene rings is 1. The molecule has 4 rings (SSSR count). The number of hydrogen-bond donors (Lipinski definition) is 3. The normalized spacial score (nSPS) is 30.1. The lowest BCUT2D eigenvalue weighted by atomic mass is 9.54. The number of aliphatic hydroxyl groups is 2. The van der Waals surface area contributed by atoms with Crippen LogP contribution < -0.4 is 4.74 Å². The number of carboxylic acids is 1. The van der Waals surface area contributed by atoms with Gasteiger partial charge in [-0.2, -0.15) is 0 Å². The number of rotatable bonds is 7. The van der Waals surface area contributed by atoms with Crippen LogP contribution in [0, 0.1) is 12.8 Å². The molecular formula is C27H35NO9. The van der Waals surface area contributed by atoms with Gasteiger partial charge in [0, 0.05) is 23.6 Å². The minimum absolute atomic E-state index is 0.218. The summed E-state index contributed by atoms with van der Waals surface area (Å²) in [6.45, 7) is 7.08. The van der Waals surface area contributed by atoms with Crippen LogP contribution in [0.5, 0.6) is 5.75 Å². The monoisotopic (exact) mass is 517 g/mol. The molecule has 1 fully saturated rings. The highest BCUT2D eigenvalue weighted by atomic mass is 16.6. The molecule has 0 radical (unpaired) electrons. The van der Waals surface area contributed by atoms with E-state index in [1.807, 2.05) is 27.0 Å². The molecule has 0 aromatic heterocycles. The van der Waals surface area contributed by atoms with Gasteiger partial charge >= 0.3 is 17.9 Å². The zero-order valence-electron chi connectivity index (χ0n) is 21.8. The molecule has 37 heavy (non-hydrogen) atoms. The van der Waals surface area contributed by atoms with E-state index in [0.717, 1.165) is 11.1 Å². The van der Waals surface area contributed by atoms with Gasteiger partial charge in [0.1, 0.15) is 11.5 Å². The Kier molecular flexibility index (Phi) is 7.13. The summed E-state index contributed by atoms with van der Waals surface area (Å²) in [4.78, 5) is 38.2. The predicted molar refractivity (Wildman–Crippen MR) is 131 cm³/mol. The number of fused-ring (bicyclic) bond motifs is 1. The molecule has 2 aliphatic heterocycles. The maximum absolute atomic E-state index is 13.0. The Labute approximate surface area is 215 Å². The molecule has 202 valence electrons. The Hall–Kier alpha value is -2.95. The van der Waals surface area contributed by atoms with Crippen LogP contribution >= 0.6 is 0 Å². The molecule has 10 heteroatoms. The van der Waals surface area contributed by atoms with Crippen LogP contribution in [0.2, 0.25) is 0 Å². The second-order valence-corrected chi connectivity index (χ2v) is 10.5. The van der Waals surface area contributed by atoms with Crippen molar-refractivity contribution >= 4 is 17.9 Å². The summed E-state index contributed by atoms with van der Waals surface area (Å²) in [6.07, 6.45) is -0.0419. The molecule has 1 aromatic rings. The summed E-state index contributed by atoms with van der Waals surface area (Å²) >= 11 is 0. The number of likely N-dealkylation sites (N-methyl/N-ethyl adjacent to an activating group) is 1. The number of piperidine rings is 1.